The van der Waals surface area contributed by atoms with Gasteiger partial charge in [0.1, 0.15) is 5.82 Å². The van der Waals surface area contributed by atoms with Crippen molar-refractivity contribution in [3.05, 3.63) is 18.3 Å². The van der Waals surface area contributed by atoms with Gasteiger partial charge in [-0.2, -0.15) is 0 Å². The molecule has 1 aromatic heterocycles. The first kappa shape index (κ1) is 11.9. The highest BCUT2D eigenvalue weighted by Gasteiger charge is 2.14. The Hall–Kier alpha value is -1.58. The number of amides is 1. The van der Waals surface area contributed by atoms with E-state index >= 15 is 0 Å². The largest absolute Gasteiger partial charge is 0.384 e. The first-order chi connectivity index (χ1) is 8.24. The first-order valence-corrected chi connectivity index (χ1v) is 6.21. The molecule has 17 heavy (non-hydrogen) atoms. The molecule has 0 spiro atoms. The van der Waals surface area contributed by atoms with Gasteiger partial charge in [-0.3, -0.25) is 4.79 Å². The molecule has 1 fully saturated rings. The van der Waals surface area contributed by atoms with Gasteiger partial charge in [0.15, 0.2) is 0 Å². The summed E-state index contributed by atoms with van der Waals surface area (Å²) < 4.78 is 0. The van der Waals surface area contributed by atoms with Crippen LogP contribution < -0.4 is 10.6 Å². The van der Waals surface area contributed by atoms with E-state index in [1.54, 1.807) is 6.20 Å². The molecule has 0 aromatic carbocycles. The summed E-state index contributed by atoms with van der Waals surface area (Å²) in [6, 6.07) is 3.77. The highest BCUT2D eigenvalue weighted by atomic mass is 16.1. The summed E-state index contributed by atoms with van der Waals surface area (Å²) in [7, 11) is 0. The maximum atomic E-state index is 10.8. The predicted octanol–water partition coefficient (Wildman–Crippen LogP) is 2.64. The maximum absolute atomic E-state index is 10.8. The number of carbonyl (C=O) groups is 1. The number of pyridine rings is 1. The molecule has 0 radical (unpaired) electrons. The quantitative estimate of drug-likeness (QED) is 0.840. The minimum absolute atomic E-state index is 0.0934. The Bertz CT molecular complexity index is 369. The summed E-state index contributed by atoms with van der Waals surface area (Å²) >= 11 is 0. The highest BCUT2D eigenvalue weighted by molar-refractivity contribution is 5.87. The Morgan fingerprint density at radius 3 is 2.76 bits per heavy atom. The van der Waals surface area contributed by atoms with Crippen LogP contribution in [0.25, 0.3) is 0 Å². The topological polar surface area (TPSA) is 54.0 Å². The van der Waals surface area contributed by atoms with E-state index in [1.165, 1.54) is 32.6 Å². The number of aromatic nitrogens is 1. The minimum atomic E-state index is -0.0934. The number of anilines is 2. The van der Waals surface area contributed by atoms with E-state index in [4.69, 9.17) is 0 Å². The molecule has 4 heteroatoms. The van der Waals surface area contributed by atoms with Gasteiger partial charge in [-0.25, -0.2) is 4.98 Å². The lowest BCUT2D eigenvalue weighted by Gasteiger charge is -2.11. The van der Waals surface area contributed by atoms with Crippen molar-refractivity contribution in [1.29, 1.82) is 0 Å². The van der Waals surface area contributed by atoms with Crippen LogP contribution in [0, 0.1) is 5.92 Å². The Morgan fingerprint density at radius 1 is 1.41 bits per heavy atom. The summed E-state index contributed by atoms with van der Waals surface area (Å²) in [5.41, 5.74) is 1.02. The van der Waals surface area contributed by atoms with Gasteiger partial charge in [0.05, 0.1) is 11.9 Å². The summed E-state index contributed by atoms with van der Waals surface area (Å²) in [5.74, 6) is 1.32. The number of nitrogens with zero attached hydrogens (tertiary/aromatic N) is 1. The standard InChI is InChI=1S/C13H19N3O/c1-10(17)16-13-7-6-12(9-15-13)14-8-11-4-2-3-5-11/h6-7,9,11,14H,2-5,8H2,1H3,(H,15,16,17). The lowest BCUT2D eigenvalue weighted by atomic mass is 10.1. The molecule has 1 saturated carbocycles. The molecule has 1 aliphatic rings. The molecule has 0 saturated heterocycles. The van der Waals surface area contributed by atoms with E-state index in [0.29, 0.717) is 5.82 Å². The summed E-state index contributed by atoms with van der Waals surface area (Å²) in [4.78, 5) is 15.0. The van der Waals surface area contributed by atoms with Crippen molar-refractivity contribution in [3.63, 3.8) is 0 Å². The van der Waals surface area contributed by atoms with E-state index < -0.39 is 0 Å². The third-order valence-corrected chi connectivity index (χ3v) is 3.14. The number of hydrogen-bond acceptors (Lipinski definition) is 3. The monoisotopic (exact) mass is 233 g/mol. The molecular weight excluding hydrogens is 214 g/mol. The molecule has 0 bridgehead atoms. The van der Waals surface area contributed by atoms with Crippen LogP contribution in [0.4, 0.5) is 11.5 Å². The predicted molar refractivity (Wildman–Crippen MR) is 69.0 cm³/mol. The maximum Gasteiger partial charge on any atom is 0.222 e. The average Bonchev–Trinajstić information content (AvgIpc) is 2.80. The second-order valence-electron chi connectivity index (χ2n) is 4.64. The van der Waals surface area contributed by atoms with E-state index in [0.717, 1.165) is 18.2 Å². The molecule has 2 N–H and O–H groups in total. The molecule has 4 nitrogen and oxygen atoms in total. The van der Waals surface area contributed by atoms with Gasteiger partial charge in [0, 0.05) is 13.5 Å². The van der Waals surface area contributed by atoms with Crippen LogP contribution >= 0.6 is 0 Å². The van der Waals surface area contributed by atoms with Gasteiger partial charge in [-0.1, -0.05) is 12.8 Å². The van der Waals surface area contributed by atoms with Crippen LogP contribution in [0.15, 0.2) is 18.3 Å². The Balaban J connectivity index is 1.82. The van der Waals surface area contributed by atoms with Gasteiger partial charge in [-0.15, -0.1) is 0 Å². The lowest BCUT2D eigenvalue weighted by molar-refractivity contribution is -0.114. The molecule has 1 aliphatic carbocycles. The van der Waals surface area contributed by atoms with Gasteiger partial charge >= 0.3 is 0 Å². The molecule has 0 aliphatic heterocycles. The molecule has 0 atom stereocenters. The molecule has 1 aromatic rings. The van der Waals surface area contributed by atoms with E-state index in [1.807, 2.05) is 12.1 Å². The number of rotatable bonds is 4. The summed E-state index contributed by atoms with van der Waals surface area (Å²) in [6.07, 6.45) is 7.17. The van der Waals surface area contributed by atoms with Crippen LogP contribution in [0.2, 0.25) is 0 Å². The third kappa shape index (κ3) is 3.73. The second-order valence-corrected chi connectivity index (χ2v) is 4.64. The van der Waals surface area contributed by atoms with Gasteiger partial charge < -0.3 is 10.6 Å². The van der Waals surface area contributed by atoms with Crippen LogP contribution in [0.5, 0.6) is 0 Å². The number of nitrogens with one attached hydrogen (secondary N) is 2. The number of carbonyl (C=O) groups excluding carboxylic acids is 1. The van der Waals surface area contributed by atoms with Gasteiger partial charge in [0.2, 0.25) is 5.91 Å². The second kappa shape index (κ2) is 5.66. The fraction of sp³-hybridized carbons (Fsp3) is 0.538. The van der Waals surface area contributed by atoms with Crippen molar-refractivity contribution in [2.45, 2.75) is 32.6 Å². The Kier molecular flexibility index (Phi) is 3.96. The van der Waals surface area contributed by atoms with Crippen LogP contribution in [0.3, 0.4) is 0 Å². The van der Waals surface area contributed by atoms with Crippen LogP contribution in [0.1, 0.15) is 32.6 Å². The zero-order valence-electron chi connectivity index (χ0n) is 10.2. The SMILES string of the molecule is CC(=O)Nc1ccc(NCC2CCCC2)cn1. The normalized spacial score (nSPS) is 15.8. The number of hydrogen-bond donors (Lipinski definition) is 2. The van der Waals surface area contributed by atoms with Crippen molar-refractivity contribution >= 4 is 17.4 Å². The smallest absolute Gasteiger partial charge is 0.222 e. The van der Waals surface area contributed by atoms with Crippen LogP contribution in [-0.2, 0) is 4.79 Å². The zero-order valence-corrected chi connectivity index (χ0v) is 10.2. The molecule has 1 heterocycles. The van der Waals surface area contributed by atoms with E-state index in [2.05, 4.69) is 15.6 Å². The average molecular weight is 233 g/mol. The lowest BCUT2D eigenvalue weighted by Crippen LogP contribution is -2.11. The van der Waals surface area contributed by atoms with Crippen molar-refractivity contribution in [2.24, 2.45) is 5.92 Å². The summed E-state index contributed by atoms with van der Waals surface area (Å²) in [5, 5.41) is 6.04. The fourth-order valence-corrected chi connectivity index (χ4v) is 2.23. The van der Waals surface area contributed by atoms with Crippen LogP contribution in [-0.4, -0.2) is 17.4 Å². The fourth-order valence-electron chi connectivity index (χ4n) is 2.23. The van der Waals surface area contributed by atoms with E-state index in [-0.39, 0.29) is 5.91 Å². The van der Waals surface area contributed by atoms with Crippen molar-refractivity contribution in [3.8, 4) is 0 Å². The molecule has 2 rings (SSSR count). The Morgan fingerprint density at radius 2 is 2.18 bits per heavy atom. The summed E-state index contributed by atoms with van der Waals surface area (Å²) in [6.45, 7) is 2.51. The molecule has 1 amide bonds. The third-order valence-electron chi connectivity index (χ3n) is 3.14. The van der Waals surface area contributed by atoms with Gasteiger partial charge in [0.25, 0.3) is 0 Å². The molecular formula is C13H19N3O. The highest BCUT2D eigenvalue weighted by Crippen LogP contribution is 2.24. The Labute approximate surface area is 102 Å². The van der Waals surface area contributed by atoms with Crippen molar-refractivity contribution in [2.75, 3.05) is 17.2 Å². The molecule has 0 unspecified atom stereocenters. The van der Waals surface area contributed by atoms with Crippen molar-refractivity contribution < 1.29 is 4.79 Å². The van der Waals surface area contributed by atoms with Crippen molar-refractivity contribution in [1.82, 2.24) is 4.98 Å². The van der Waals surface area contributed by atoms with Gasteiger partial charge in [-0.05, 0) is 30.9 Å². The van der Waals surface area contributed by atoms with E-state index in [9.17, 15) is 4.79 Å². The molecule has 92 valence electrons. The first-order valence-electron chi connectivity index (χ1n) is 6.21. The zero-order chi connectivity index (χ0) is 12.1. The minimum Gasteiger partial charge on any atom is -0.384 e.